The van der Waals surface area contributed by atoms with Crippen molar-refractivity contribution in [1.82, 2.24) is 14.8 Å². The standard InChI is InChI=1S/C21H29N3O4.C2H4O2/c1-21(2,3)28-20(26)24-12-15(8-9-23(4)5)17-11-14(6-7-18(17)24)10-16-13-27-19(25)22-16;1-2(3)4/h6-7,11-12,16H,8-10,13H2,1-5H3,(H,22,25);1H3,(H,3,4). The molecule has 9 nitrogen and oxygen atoms in total. The molecule has 1 aromatic carbocycles. The Morgan fingerprint density at radius 2 is 1.97 bits per heavy atom. The summed E-state index contributed by atoms with van der Waals surface area (Å²) in [6.07, 6.45) is 2.65. The Kier molecular flexibility index (Phi) is 8.26. The number of carbonyl (C=O) groups is 3. The topological polar surface area (TPSA) is 110 Å². The van der Waals surface area contributed by atoms with E-state index in [9.17, 15) is 9.59 Å². The number of rotatable bonds is 5. The Hall–Kier alpha value is -3.07. The van der Waals surface area contributed by atoms with Crippen LogP contribution in [0.15, 0.2) is 24.4 Å². The molecule has 2 heterocycles. The van der Waals surface area contributed by atoms with Crippen LogP contribution in [0.1, 0.15) is 38.8 Å². The zero-order chi connectivity index (χ0) is 24.1. The number of carboxylic acids is 1. The minimum Gasteiger partial charge on any atom is -0.481 e. The third kappa shape index (κ3) is 7.56. The summed E-state index contributed by atoms with van der Waals surface area (Å²) in [6.45, 7) is 7.92. The van der Waals surface area contributed by atoms with E-state index in [1.54, 1.807) is 4.57 Å². The van der Waals surface area contributed by atoms with Crippen molar-refractivity contribution in [3.8, 4) is 0 Å². The molecule has 1 saturated heterocycles. The van der Waals surface area contributed by atoms with Gasteiger partial charge in [-0.1, -0.05) is 6.07 Å². The second-order valence-corrected chi connectivity index (χ2v) is 9.07. The number of nitrogens with one attached hydrogen (secondary N) is 1. The average Bonchev–Trinajstić information content (AvgIpc) is 3.21. The van der Waals surface area contributed by atoms with Gasteiger partial charge in [0.1, 0.15) is 12.2 Å². The largest absolute Gasteiger partial charge is 0.481 e. The number of aromatic nitrogens is 1. The van der Waals surface area contributed by atoms with E-state index in [0.717, 1.165) is 41.9 Å². The Morgan fingerprint density at radius 3 is 2.50 bits per heavy atom. The third-order valence-corrected chi connectivity index (χ3v) is 4.59. The lowest BCUT2D eigenvalue weighted by molar-refractivity contribution is -0.134. The Balaban J connectivity index is 0.000000837. The summed E-state index contributed by atoms with van der Waals surface area (Å²) < 4.78 is 12.1. The van der Waals surface area contributed by atoms with Crippen molar-refractivity contribution in [2.45, 2.75) is 52.2 Å². The van der Waals surface area contributed by atoms with Gasteiger partial charge in [0, 0.05) is 25.1 Å². The average molecular weight is 448 g/mol. The summed E-state index contributed by atoms with van der Waals surface area (Å²) >= 11 is 0. The number of nitrogens with zero attached hydrogens (tertiary/aromatic N) is 2. The second kappa shape index (κ2) is 10.5. The van der Waals surface area contributed by atoms with Crippen LogP contribution >= 0.6 is 0 Å². The molecule has 0 aliphatic carbocycles. The molecule has 2 N–H and O–H groups in total. The summed E-state index contributed by atoms with van der Waals surface area (Å²) in [6, 6.07) is 6.02. The van der Waals surface area contributed by atoms with Crippen molar-refractivity contribution in [2.24, 2.45) is 0 Å². The van der Waals surface area contributed by atoms with Crippen molar-refractivity contribution < 1.29 is 29.0 Å². The molecule has 9 heteroatoms. The van der Waals surface area contributed by atoms with Crippen LogP contribution in [0.4, 0.5) is 9.59 Å². The third-order valence-electron chi connectivity index (χ3n) is 4.59. The van der Waals surface area contributed by atoms with Gasteiger partial charge in [-0.2, -0.15) is 0 Å². The van der Waals surface area contributed by atoms with Crippen LogP contribution in [0.2, 0.25) is 0 Å². The van der Waals surface area contributed by atoms with Crippen molar-refractivity contribution in [3.05, 3.63) is 35.5 Å². The second-order valence-electron chi connectivity index (χ2n) is 9.07. The highest BCUT2D eigenvalue weighted by atomic mass is 16.6. The molecule has 1 atom stereocenters. The summed E-state index contributed by atoms with van der Waals surface area (Å²) in [5.41, 5.74) is 2.47. The first-order valence-corrected chi connectivity index (χ1v) is 10.5. The highest BCUT2D eigenvalue weighted by Gasteiger charge is 2.24. The molecule has 3 rings (SSSR count). The fraction of sp³-hybridized carbons (Fsp3) is 0.522. The molecular weight excluding hydrogens is 414 g/mol. The number of amides is 1. The SMILES string of the molecule is CC(=O)O.CN(C)CCc1cn(C(=O)OC(C)(C)C)c2ccc(CC3COC(=O)N3)cc12. The minimum absolute atomic E-state index is 0.0249. The van der Waals surface area contributed by atoms with E-state index in [1.165, 1.54) is 0 Å². The molecule has 2 aromatic rings. The lowest BCUT2D eigenvalue weighted by atomic mass is 10.0. The first-order valence-electron chi connectivity index (χ1n) is 10.5. The number of ether oxygens (including phenoxy) is 2. The van der Waals surface area contributed by atoms with E-state index in [1.807, 2.05) is 53.2 Å². The maximum absolute atomic E-state index is 12.7. The molecule has 0 bridgehead atoms. The van der Waals surface area contributed by atoms with Gasteiger partial charge >= 0.3 is 12.2 Å². The first-order chi connectivity index (χ1) is 14.9. The lowest BCUT2D eigenvalue weighted by Gasteiger charge is -2.19. The van der Waals surface area contributed by atoms with Crippen LogP contribution in [0.5, 0.6) is 0 Å². The molecule has 0 saturated carbocycles. The monoisotopic (exact) mass is 447 g/mol. The van der Waals surface area contributed by atoms with Gasteiger partial charge in [0.25, 0.3) is 5.97 Å². The summed E-state index contributed by atoms with van der Waals surface area (Å²) in [4.78, 5) is 35.1. The number of fused-ring (bicyclic) bond motifs is 1. The van der Waals surface area contributed by atoms with Crippen LogP contribution < -0.4 is 5.32 Å². The lowest BCUT2D eigenvalue weighted by Crippen LogP contribution is -2.28. The van der Waals surface area contributed by atoms with Gasteiger partial charge in [-0.25, -0.2) is 9.59 Å². The molecule has 1 amide bonds. The highest BCUT2D eigenvalue weighted by molar-refractivity contribution is 5.92. The normalized spacial score (nSPS) is 15.7. The number of hydrogen-bond donors (Lipinski definition) is 2. The molecule has 1 aliphatic rings. The maximum atomic E-state index is 12.7. The van der Waals surface area contributed by atoms with Crippen molar-refractivity contribution in [2.75, 3.05) is 27.2 Å². The van der Waals surface area contributed by atoms with E-state index in [4.69, 9.17) is 19.4 Å². The van der Waals surface area contributed by atoms with Crippen molar-refractivity contribution in [1.29, 1.82) is 0 Å². The van der Waals surface area contributed by atoms with Crippen LogP contribution in [0.25, 0.3) is 10.9 Å². The van der Waals surface area contributed by atoms with Gasteiger partial charge in [0.15, 0.2) is 0 Å². The maximum Gasteiger partial charge on any atom is 0.419 e. The van der Waals surface area contributed by atoms with Crippen LogP contribution in [-0.2, 0) is 27.1 Å². The fourth-order valence-electron chi connectivity index (χ4n) is 3.30. The van der Waals surface area contributed by atoms with E-state index in [2.05, 4.69) is 16.3 Å². The molecule has 0 spiro atoms. The van der Waals surface area contributed by atoms with Gasteiger partial charge in [-0.3, -0.25) is 9.36 Å². The van der Waals surface area contributed by atoms with Crippen LogP contribution in [-0.4, -0.2) is 71.6 Å². The molecule has 1 aromatic heterocycles. The Morgan fingerprint density at radius 1 is 1.31 bits per heavy atom. The number of benzene rings is 1. The van der Waals surface area contributed by atoms with Gasteiger partial charge in [-0.15, -0.1) is 0 Å². The van der Waals surface area contributed by atoms with Crippen LogP contribution in [0, 0.1) is 0 Å². The number of carbonyl (C=O) groups excluding carboxylic acids is 2. The highest BCUT2D eigenvalue weighted by Crippen LogP contribution is 2.26. The number of hydrogen-bond acceptors (Lipinski definition) is 6. The van der Waals surface area contributed by atoms with Crippen LogP contribution in [0.3, 0.4) is 0 Å². The van der Waals surface area contributed by atoms with Crippen molar-refractivity contribution >= 4 is 29.1 Å². The molecule has 1 aliphatic heterocycles. The number of likely N-dealkylation sites (N-methyl/N-ethyl adjacent to an activating group) is 1. The smallest absolute Gasteiger partial charge is 0.419 e. The summed E-state index contributed by atoms with van der Waals surface area (Å²) in [5, 5.41) is 11.3. The molecule has 1 unspecified atom stereocenters. The molecular formula is C23H33N3O6. The van der Waals surface area contributed by atoms with E-state index in [-0.39, 0.29) is 18.2 Å². The van der Waals surface area contributed by atoms with E-state index < -0.39 is 11.6 Å². The number of carboxylic acid groups (broad SMARTS) is 1. The summed E-state index contributed by atoms with van der Waals surface area (Å²) in [5.74, 6) is -0.833. The number of cyclic esters (lactones) is 1. The Labute approximate surface area is 188 Å². The minimum atomic E-state index is -0.833. The summed E-state index contributed by atoms with van der Waals surface area (Å²) in [7, 11) is 4.06. The predicted molar refractivity (Wildman–Crippen MR) is 121 cm³/mol. The zero-order valence-corrected chi connectivity index (χ0v) is 19.6. The van der Waals surface area contributed by atoms with Gasteiger partial charge in [0.2, 0.25) is 0 Å². The zero-order valence-electron chi connectivity index (χ0n) is 19.6. The Bertz CT molecular complexity index is 970. The van der Waals surface area contributed by atoms with Gasteiger partial charge < -0.3 is 24.8 Å². The van der Waals surface area contributed by atoms with Crippen molar-refractivity contribution in [3.63, 3.8) is 0 Å². The molecule has 1 fully saturated rings. The number of aliphatic carboxylic acids is 1. The molecule has 0 radical (unpaired) electrons. The van der Waals surface area contributed by atoms with Gasteiger partial charge in [0.05, 0.1) is 11.6 Å². The fourth-order valence-corrected chi connectivity index (χ4v) is 3.30. The van der Waals surface area contributed by atoms with E-state index >= 15 is 0 Å². The first kappa shape index (κ1) is 25.2. The predicted octanol–water partition coefficient (Wildman–Crippen LogP) is 3.27. The molecule has 32 heavy (non-hydrogen) atoms. The van der Waals surface area contributed by atoms with Gasteiger partial charge in [-0.05, 0) is 71.0 Å². The molecule has 176 valence electrons. The quantitative estimate of drug-likeness (QED) is 0.724. The number of alkyl carbamates (subject to hydrolysis) is 1. The van der Waals surface area contributed by atoms with E-state index in [0.29, 0.717) is 13.0 Å².